The molecule has 0 saturated carbocycles. The summed E-state index contributed by atoms with van der Waals surface area (Å²) >= 11 is 0. The average molecular weight is 391 g/mol. The molecule has 5 heteroatoms. The maximum Gasteiger partial charge on any atom is 0.241 e. The van der Waals surface area contributed by atoms with Crippen molar-refractivity contribution < 1.29 is 8.42 Å². The van der Waals surface area contributed by atoms with Gasteiger partial charge in [-0.25, -0.2) is 13.1 Å². The lowest BCUT2D eigenvalue weighted by Crippen LogP contribution is -2.25. The summed E-state index contributed by atoms with van der Waals surface area (Å²) in [5, 5.41) is 1.73. The quantitative estimate of drug-likeness (QED) is 0.499. The molecule has 27 heavy (non-hydrogen) atoms. The van der Waals surface area contributed by atoms with Crippen LogP contribution in [0.3, 0.4) is 0 Å². The molecule has 0 saturated heterocycles. The molecule has 2 aromatic carbocycles. The zero-order valence-corrected chi connectivity index (χ0v) is 17.8. The lowest BCUT2D eigenvalue weighted by atomic mass is 10.1. The van der Waals surface area contributed by atoms with Crippen LogP contribution in [0.1, 0.15) is 58.3 Å². The van der Waals surface area contributed by atoms with Crippen LogP contribution in [-0.2, 0) is 10.0 Å². The maximum absolute atomic E-state index is 12.8. The first kappa shape index (κ1) is 21.7. The first-order valence-electron chi connectivity index (χ1n) is 10.2. The predicted octanol–water partition coefficient (Wildman–Crippen LogP) is 5.32. The van der Waals surface area contributed by atoms with E-state index in [0.29, 0.717) is 11.4 Å². The molecule has 150 valence electrons. The largest absolute Gasteiger partial charge is 0.377 e. The fraction of sp³-hybridized carbons (Fsp3) is 0.545. The molecule has 0 aliphatic carbocycles. The standard InChI is InChI=1S/C22H34N2O2S/c1-4-5-6-7-8-9-10-11-18-23-27(25,26)22-17-13-14-19-20(22)15-12-16-21(19)24(2)3/h12-17,23H,4-11,18H2,1-3H3. The molecule has 0 spiro atoms. The van der Waals surface area contributed by atoms with Gasteiger partial charge in [0, 0.05) is 37.1 Å². The highest BCUT2D eigenvalue weighted by Crippen LogP contribution is 2.30. The molecule has 0 unspecified atom stereocenters. The van der Waals surface area contributed by atoms with Crippen molar-refractivity contribution in [2.24, 2.45) is 0 Å². The number of hydrogen-bond donors (Lipinski definition) is 1. The SMILES string of the molecule is CCCCCCCCCCNS(=O)(=O)c1cccc2c(N(C)C)cccc12. The average Bonchev–Trinajstić information content (AvgIpc) is 2.65. The summed E-state index contributed by atoms with van der Waals surface area (Å²) < 4.78 is 28.4. The highest BCUT2D eigenvalue weighted by atomic mass is 32.2. The van der Waals surface area contributed by atoms with Crippen molar-refractivity contribution in [2.45, 2.75) is 63.2 Å². The molecule has 0 aliphatic rings. The lowest BCUT2D eigenvalue weighted by Gasteiger charge is -2.17. The minimum atomic E-state index is -3.50. The number of nitrogens with one attached hydrogen (secondary N) is 1. The van der Waals surface area contributed by atoms with E-state index in [-0.39, 0.29) is 0 Å². The Hall–Kier alpha value is -1.59. The van der Waals surface area contributed by atoms with Crippen LogP contribution in [0, 0.1) is 0 Å². The third kappa shape index (κ3) is 6.22. The smallest absolute Gasteiger partial charge is 0.241 e. The maximum atomic E-state index is 12.8. The molecule has 0 aliphatic heterocycles. The van der Waals surface area contributed by atoms with Gasteiger partial charge in [-0.1, -0.05) is 76.1 Å². The molecular formula is C22H34N2O2S. The second kappa shape index (κ2) is 10.7. The van der Waals surface area contributed by atoms with Crippen molar-refractivity contribution in [3.8, 4) is 0 Å². The normalized spacial score (nSPS) is 11.8. The Balaban J connectivity index is 1.94. The fourth-order valence-corrected chi connectivity index (χ4v) is 4.73. The van der Waals surface area contributed by atoms with E-state index in [4.69, 9.17) is 0 Å². The minimum Gasteiger partial charge on any atom is -0.377 e. The molecule has 0 amide bonds. The minimum absolute atomic E-state index is 0.364. The summed E-state index contributed by atoms with van der Waals surface area (Å²) in [7, 11) is 0.435. The molecule has 0 heterocycles. The molecule has 0 radical (unpaired) electrons. The van der Waals surface area contributed by atoms with Crippen LogP contribution in [-0.4, -0.2) is 29.1 Å². The summed E-state index contributed by atoms with van der Waals surface area (Å²) in [4.78, 5) is 2.37. The van der Waals surface area contributed by atoms with Crippen LogP contribution < -0.4 is 9.62 Å². The Morgan fingerprint density at radius 2 is 1.41 bits per heavy atom. The van der Waals surface area contributed by atoms with Gasteiger partial charge in [-0.15, -0.1) is 0 Å². The van der Waals surface area contributed by atoms with Crippen molar-refractivity contribution in [3.05, 3.63) is 36.4 Å². The van der Waals surface area contributed by atoms with Gasteiger partial charge in [0.15, 0.2) is 0 Å². The molecular weight excluding hydrogens is 356 g/mol. The first-order chi connectivity index (χ1) is 13.0. The third-order valence-electron chi connectivity index (χ3n) is 4.95. The van der Waals surface area contributed by atoms with E-state index in [2.05, 4.69) is 11.6 Å². The van der Waals surface area contributed by atoms with Crippen LogP contribution in [0.4, 0.5) is 5.69 Å². The van der Waals surface area contributed by atoms with E-state index >= 15 is 0 Å². The Labute approximate surface area is 165 Å². The molecule has 4 nitrogen and oxygen atoms in total. The van der Waals surface area contributed by atoms with Crippen molar-refractivity contribution in [1.82, 2.24) is 4.72 Å². The van der Waals surface area contributed by atoms with Gasteiger partial charge in [0.05, 0.1) is 4.90 Å². The van der Waals surface area contributed by atoms with Gasteiger partial charge in [-0.05, 0) is 18.6 Å². The van der Waals surface area contributed by atoms with E-state index < -0.39 is 10.0 Å². The summed E-state index contributed by atoms with van der Waals surface area (Å²) in [5.41, 5.74) is 1.02. The first-order valence-corrected chi connectivity index (χ1v) is 11.6. The van der Waals surface area contributed by atoms with Gasteiger partial charge in [0.25, 0.3) is 0 Å². The number of unbranched alkanes of at least 4 members (excludes halogenated alkanes) is 7. The highest BCUT2D eigenvalue weighted by molar-refractivity contribution is 7.89. The number of fused-ring (bicyclic) bond motifs is 1. The van der Waals surface area contributed by atoms with Gasteiger partial charge in [0.1, 0.15) is 0 Å². The Kier molecular flexibility index (Phi) is 8.58. The molecule has 1 N–H and O–H groups in total. The summed E-state index contributed by atoms with van der Waals surface area (Å²) in [6.45, 7) is 2.73. The molecule has 2 rings (SSSR count). The van der Waals surface area contributed by atoms with E-state index in [1.165, 1.54) is 38.5 Å². The summed E-state index contributed by atoms with van der Waals surface area (Å²) in [5.74, 6) is 0. The number of hydrogen-bond acceptors (Lipinski definition) is 3. The molecule has 0 fully saturated rings. The van der Waals surface area contributed by atoms with Crippen molar-refractivity contribution in [2.75, 3.05) is 25.5 Å². The van der Waals surface area contributed by atoms with E-state index in [1.54, 1.807) is 6.07 Å². The van der Waals surface area contributed by atoms with E-state index in [1.807, 2.05) is 49.3 Å². The van der Waals surface area contributed by atoms with Crippen LogP contribution in [0.15, 0.2) is 41.3 Å². The van der Waals surface area contributed by atoms with Crippen molar-refractivity contribution in [1.29, 1.82) is 0 Å². The van der Waals surface area contributed by atoms with Gasteiger partial charge >= 0.3 is 0 Å². The monoisotopic (exact) mass is 390 g/mol. The zero-order valence-electron chi connectivity index (χ0n) is 17.0. The second-order valence-electron chi connectivity index (χ2n) is 7.40. The van der Waals surface area contributed by atoms with Gasteiger partial charge in [-0.3, -0.25) is 0 Å². The Morgan fingerprint density at radius 3 is 2.07 bits per heavy atom. The molecule has 0 atom stereocenters. The van der Waals surface area contributed by atoms with Gasteiger partial charge in [0.2, 0.25) is 10.0 Å². The fourth-order valence-electron chi connectivity index (χ4n) is 3.43. The third-order valence-corrected chi connectivity index (χ3v) is 6.47. The van der Waals surface area contributed by atoms with E-state index in [9.17, 15) is 8.42 Å². The van der Waals surface area contributed by atoms with Gasteiger partial charge < -0.3 is 4.90 Å². The number of anilines is 1. The molecule has 0 aromatic heterocycles. The van der Waals surface area contributed by atoms with Crippen LogP contribution in [0.2, 0.25) is 0 Å². The second-order valence-corrected chi connectivity index (χ2v) is 9.13. The van der Waals surface area contributed by atoms with E-state index in [0.717, 1.165) is 29.3 Å². The molecule has 2 aromatic rings. The predicted molar refractivity (Wildman–Crippen MR) is 116 cm³/mol. The Morgan fingerprint density at radius 1 is 0.815 bits per heavy atom. The topological polar surface area (TPSA) is 49.4 Å². The summed E-state index contributed by atoms with van der Waals surface area (Å²) in [6, 6.07) is 11.3. The molecule has 0 bridgehead atoms. The Bertz CT molecular complexity index is 816. The van der Waals surface area contributed by atoms with Crippen LogP contribution >= 0.6 is 0 Å². The number of nitrogens with zero attached hydrogens (tertiary/aromatic N) is 1. The van der Waals surface area contributed by atoms with Crippen LogP contribution in [0.25, 0.3) is 10.8 Å². The number of sulfonamides is 1. The summed E-state index contributed by atoms with van der Waals surface area (Å²) in [6.07, 6.45) is 9.61. The zero-order chi connectivity index (χ0) is 19.7. The van der Waals surface area contributed by atoms with Crippen molar-refractivity contribution in [3.63, 3.8) is 0 Å². The lowest BCUT2D eigenvalue weighted by molar-refractivity contribution is 0.559. The van der Waals surface area contributed by atoms with Crippen molar-refractivity contribution >= 4 is 26.5 Å². The highest BCUT2D eigenvalue weighted by Gasteiger charge is 2.17. The van der Waals surface area contributed by atoms with Crippen LogP contribution in [0.5, 0.6) is 0 Å². The number of rotatable bonds is 12. The number of benzene rings is 2. The van der Waals surface area contributed by atoms with Gasteiger partial charge in [-0.2, -0.15) is 0 Å².